The summed E-state index contributed by atoms with van der Waals surface area (Å²) in [7, 11) is 0. The molecule has 1 aliphatic heterocycles. The maximum Gasteiger partial charge on any atom is 0.142 e. The van der Waals surface area contributed by atoms with Crippen LogP contribution in [0.3, 0.4) is 0 Å². The molecule has 1 unspecified atom stereocenters. The van der Waals surface area contributed by atoms with Crippen molar-refractivity contribution >= 4 is 5.71 Å². The van der Waals surface area contributed by atoms with Crippen molar-refractivity contribution in [3.8, 4) is 0 Å². The molecule has 1 saturated heterocycles. The molecule has 0 amide bonds. The first kappa shape index (κ1) is 11.0. The molecule has 0 spiro atoms. The summed E-state index contributed by atoms with van der Waals surface area (Å²) in [6, 6.07) is 1.82. The van der Waals surface area contributed by atoms with Crippen molar-refractivity contribution in [1.29, 1.82) is 0 Å². The molecule has 5 heteroatoms. The minimum absolute atomic E-state index is 0.308. The van der Waals surface area contributed by atoms with Crippen LogP contribution in [-0.4, -0.2) is 38.9 Å². The maximum absolute atomic E-state index is 8.78. The Hall–Kier alpha value is -1.49. The van der Waals surface area contributed by atoms with Crippen LogP contribution in [0.1, 0.15) is 19.2 Å². The van der Waals surface area contributed by atoms with Crippen molar-refractivity contribution in [3.05, 3.63) is 24.3 Å². The highest BCUT2D eigenvalue weighted by Gasteiger charge is 2.22. The average molecular weight is 220 g/mol. The largest absolute Gasteiger partial charge is 0.411 e. The van der Waals surface area contributed by atoms with Gasteiger partial charge < -0.3 is 5.21 Å². The molecule has 0 aliphatic carbocycles. The molecular formula is C11H16N4O. The normalized spacial score (nSPS) is 24.8. The third-order valence-corrected chi connectivity index (χ3v) is 2.90. The first-order chi connectivity index (χ1) is 7.79. The fourth-order valence-corrected chi connectivity index (χ4v) is 2.01. The van der Waals surface area contributed by atoms with Crippen LogP contribution in [0.25, 0.3) is 0 Å². The molecule has 0 aromatic carbocycles. The molecule has 1 aromatic heterocycles. The Balaban J connectivity index is 1.94. The summed E-state index contributed by atoms with van der Waals surface area (Å²) in [5.41, 5.74) is 0.894. The van der Waals surface area contributed by atoms with Gasteiger partial charge >= 0.3 is 0 Å². The van der Waals surface area contributed by atoms with E-state index < -0.39 is 0 Å². The molecule has 1 aromatic rings. The van der Waals surface area contributed by atoms with E-state index in [2.05, 4.69) is 26.9 Å². The zero-order chi connectivity index (χ0) is 11.4. The van der Waals surface area contributed by atoms with E-state index in [4.69, 9.17) is 5.21 Å². The van der Waals surface area contributed by atoms with Crippen LogP contribution in [0.15, 0.2) is 23.6 Å². The van der Waals surface area contributed by atoms with Crippen LogP contribution < -0.4 is 0 Å². The summed E-state index contributed by atoms with van der Waals surface area (Å²) in [5.74, 6) is 1.15. The van der Waals surface area contributed by atoms with Crippen LogP contribution >= 0.6 is 0 Å². The second-order valence-corrected chi connectivity index (χ2v) is 4.14. The highest BCUT2D eigenvalue weighted by molar-refractivity contribution is 5.86. The monoisotopic (exact) mass is 220 g/mol. The third-order valence-electron chi connectivity index (χ3n) is 2.90. The lowest BCUT2D eigenvalue weighted by Gasteiger charge is -2.30. The van der Waals surface area contributed by atoms with Crippen LogP contribution in [0.4, 0.5) is 0 Å². The predicted molar refractivity (Wildman–Crippen MR) is 60.3 cm³/mol. The second kappa shape index (κ2) is 5.03. The first-order valence-electron chi connectivity index (χ1n) is 5.48. The molecule has 86 valence electrons. The lowest BCUT2D eigenvalue weighted by Crippen LogP contribution is -2.39. The Morgan fingerprint density at radius 1 is 1.50 bits per heavy atom. The number of piperidine rings is 1. The standard InChI is InChI=1S/C11H16N4O/c1-9-7-15(6-3-10(9)14-16)8-11-12-4-2-5-13-11/h2,4-5,9,16H,3,6-8H2,1H3/b14-10+. The molecular weight excluding hydrogens is 204 g/mol. The lowest BCUT2D eigenvalue weighted by molar-refractivity contribution is 0.224. The summed E-state index contributed by atoms with van der Waals surface area (Å²) in [5, 5.41) is 12.1. The van der Waals surface area contributed by atoms with E-state index >= 15 is 0 Å². The minimum atomic E-state index is 0.308. The number of nitrogens with zero attached hydrogens (tertiary/aromatic N) is 4. The smallest absolute Gasteiger partial charge is 0.142 e. The number of rotatable bonds is 2. The highest BCUT2D eigenvalue weighted by Crippen LogP contribution is 2.14. The Kier molecular flexibility index (Phi) is 3.46. The quantitative estimate of drug-likeness (QED) is 0.600. The molecule has 5 nitrogen and oxygen atoms in total. The van der Waals surface area contributed by atoms with Gasteiger partial charge in [-0.3, -0.25) is 4.90 Å². The molecule has 0 radical (unpaired) electrons. The molecule has 1 fully saturated rings. The number of likely N-dealkylation sites (tertiary alicyclic amines) is 1. The van der Waals surface area contributed by atoms with Crippen molar-refractivity contribution in [3.63, 3.8) is 0 Å². The first-order valence-corrected chi connectivity index (χ1v) is 5.48. The van der Waals surface area contributed by atoms with E-state index in [1.54, 1.807) is 12.4 Å². The number of hydrogen-bond donors (Lipinski definition) is 1. The van der Waals surface area contributed by atoms with Gasteiger partial charge in [-0.05, 0) is 6.07 Å². The molecule has 2 heterocycles. The van der Waals surface area contributed by atoms with E-state index in [0.717, 1.165) is 37.6 Å². The van der Waals surface area contributed by atoms with Gasteiger partial charge in [-0.2, -0.15) is 0 Å². The predicted octanol–water partition coefficient (Wildman–Crippen LogP) is 1.15. The Morgan fingerprint density at radius 3 is 2.88 bits per heavy atom. The fourth-order valence-electron chi connectivity index (χ4n) is 2.01. The van der Waals surface area contributed by atoms with E-state index in [1.165, 1.54) is 0 Å². The topological polar surface area (TPSA) is 61.6 Å². The van der Waals surface area contributed by atoms with Gasteiger partial charge in [0.1, 0.15) is 5.82 Å². The number of oxime groups is 1. The van der Waals surface area contributed by atoms with Crippen LogP contribution in [0, 0.1) is 5.92 Å². The van der Waals surface area contributed by atoms with Gasteiger partial charge in [-0.25, -0.2) is 9.97 Å². The van der Waals surface area contributed by atoms with Gasteiger partial charge in [-0.1, -0.05) is 12.1 Å². The van der Waals surface area contributed by atoms with Crippen molar-refractivity contribution < 1.29 is 5.21 Å². The van der Waals surface area contributed by atoms with Crippen molar-refractivity contribution in [2.75, 3.05) is 13.1 Å². The van der Waals surface area contributed by atoms with E-state index in [-0.39, 0.29) is 0 Å². The van der Waals surface area contributed by atoms with Gasteiger partial charge in [0.25, 0.3) is 0 Å². The van der Waals surface area contributed by atoms with Crippen molar-refractivity contribution in [2.45, 2.75) is 19.9 Å². The zero-order valence-electron chi connectivity index (χ0n) is 9.37. The van der Waals surface area contributed by atoms with Crippen molar-refractivity contribution in [2.24, 2.45) is 11.1 Å². The maximum atomic E-state index is 8.78. The average Bonchev–Trinajstić information content (AvgIpc) is 2.31. The van der Waals surface area contributed by atoms with E-state index in [1.807, 2.05) is 6.07 Å². The molecule has 1 N–H and O–H groups in total. The third kappa shape index (κ3) is 2.55. The summed E-state index contributed by atoms with van der Waals surface area (Å²) >= 11 is 0. The fraction of sp³-hybridized carbons (Fsp3) is 0.545. The second-order valence-electron chi connectivity index (χ2n) is 4.14. The molecule has 0 bridgehead atoms. The van der Waals surface area contributed by atoms with E-state index in [0.29, 0.717) is 5.92 Å². The number of hydrogen-bond acceptors (Lipinski definition) is 5. The van der Waals surface area contributed by atoms with Gasteiger partial charge in [0.2, 0.25) is 0 Å². The number of aromatic nitrogens is 2. The molecule has 1 aliphatic rings. The van der Waals surface area contributed by atoms with Gasteiger partial charge in [0, 0.05) is 37.8 Å². The molecule has 0 saturated carbocycles. The minimum Gasteiger partial charge on any atom is -0.411 e. The molecule has 16 heavy (non-hydrogen) atoms. The highest BCUT2D eigenvalue weighted by atomic mass is 16.4. The summed E-state index contributed by atoms with van der Waals surface area (Å²) in [4.78, 5) is 10.7. The Morgan fingerprint density at radius 2 is 2.25 bits per heavy atom. The summed E-state index contributed by atoms with van der Waals surface area (Å²) in [6.45, 7) is 4.65. The van der Waals surface area contributed by atoms with Gasteiger partial charge in [0.05, 0.1) is 12.3 Å². The van der Waals surface area contributed by atoms with Crippen LogP contribution in [0.2, 0.25) is 0 Å². The lowest BCUT2D eigenvalue weighted by atomic mass is 9.98. The van der Waals surface area contributed by atoms with Gasteiger partial charge in [-0.15, -0.1) is 0 Å². The summed E-state index contributed by atoms with van der Waals surface area (Å²) in [6.07, 6.45) is 4.34. The molecule has 1 atom stereocenters. The zero-order valence-corrected chi connectivity index (χ0v) is 9.37. The van der Waals surface area contributed by atoms with Crippen LogP contribution in [0.5, 0.6) is 0 Å². The van der Waals surface area contributed by atoms with Crippen molar-refractivity contribution in [1.82, 2.24) is 14.9 Å². The van der Waals surface area contributed by atoms with E-state index in [9.17, 15) is 0 Å². The summed E-state index contributed by atoms with van der Waals surface area (Å²) < 4.78 is 0. The Labute approximate surface area is 94.8 Å². The van der Waals surface area contributed by atoms with Crippen LogP contribution in [-0.2, 0) is 6.54 Å². The van der Waals surface area contributed by atoms with Gasteiger partial charge in [0.15, 0.2) is 0 Å². The Bertz CT molecular complexity index is 366. The molecule has 2 rings (SSSR count). The SMILES string of the molecule is CC1CN(Cc2ncccn2)CC/C1=N\O.